The average Bonchev–Trinajstić information content (AvgIpc) is 3.17. The van der Waals surface area contributed by atoms with E-state index < -0.39 is 0 Å². The predicted molar refractivity (Wildman–Crippen MR) is 235 cm³/mol. The molecule has 0 saturated heterocycles. The molecule has 2 nitrogen and oxygen atoms in total. The molecule has 0 N–H and O–H groups in total. The number of rotatable bonds is 8. The number of anilines is 6. The smallest absolute Gasteiger partial charge is 0.0546 e. The number of hydrogen-bond donors (Lipinski definition) is 0. The van der Waals surface area contributed by atoms with Crippen molar-refractivity contribution < 1.29 is 0 Å². The summed E-state index contributed by atoms with van der Waals surface area (Å²) in [4.78, 5) is 4.91. The minimum atomic E-state index is 0.394. The summed E-state index contributed by atoms with van der Waals surface area (Å²) in [7, 11) is 0. The van der Waals surface area contributed by atoms with Gasteiger partial charge in [-0.15, -0.1) is 0 Å². The number of nitrogens with zero attached hydrogens (tertiary/aromatic N) is 2. The number of hydrogen-bond acceptors (Lipinski definition) is 2. The molecule has 0 unspecified atom stereocenters. The normalized spacial score (nSPS) is 11.7. The van der Waals surface area contributed by atoms with E-state index in [2.05, 4.69) is 211 Å². The molecule has 0 aliphatic rings. The second-order valence-corrected chi connectivity index (χ2v) is 15.8. The Bertz CT molecular complexity index is 2330. The van der Waals surface area contributed by atoms with E-state index in [0.717, 1.165) is 22.7 Å². The van der Waals surface area contributed by atoms with E-state index in [-0.39, 0.29) is 0 Å². The third-order valence-corrected chi connectivity index (χ3v) is 11.1. The molecule has 54 heavy (non-hydrogen) atoms. The van der Waals surface area contributed by atoms with Gasteiger partial charge >= 0.3 is 0 Å². The highest BCUT2D eigenvalue weighted by Crippen LogP contribution is 2.48. The summed E-state index contributed by atoms with van der Waals surface area (Å²) in [5.41, 5.74) is 14.6. The van der Waals surface area contributed by atoms with Gasteiger partial charge in [0, 0.05) is 33.5 Å². The standard InChI is InChI=1S/C52H50N2/c1-33(2)39-17-27-45-47-32-52(54(43-23-13-37(7)14-24-43)44-25-15-38(8)16-26-44)50-30-40(34(3)4)18-28-46(50)48(47)31-51(49(45)29-39)53(41-19-9-35(5)10-20-41)42-21-11-36(6)12-22-42/h9-34H,1-8H3. The van der Waals surface area contributed by atoms with Crippen LogP contribution < -0.4 is 9.80 Å². The summed E-state index contributed by atoms with van der Waals surface area (Å²) in [5, 5.41) is 7.49. The van der Waals surface area contributed by atoms with Gasteiger partial charge in [0.05, 0.1) is 11.4 Å². The topological polar surface area (TPSA) is 6.48 Å². The predicted octanol–water partition coefficient (Wildman–Crippen LogP) is 15.6. The van der Waals surface area contributed by atoms with E-state index in [1.165, 1.54) is 77.1 Å². The van der Waals surface area contributed by atoms with E-state index in [9.17, 15) is 0 Å². The molecule has 8 aromatic carbocycles. The van der Waals surface area contributed by atoms with E-state index in [4.69, 9.17) is 0 Å². The van der Waals surface area contributed by atoms with Gasteiger partial charge in [-0.1, -0.05) is 123 Å². The molecule has 8 rings (SSSR count). The number of aryl methyl sites for hydroxylation is 4. The Hall–Kier alpha value is -5.86. The van der Waals surface area contributed by atoms with Crippen molar-refractivity contribution in [1.29, 1.82) is 0 Å². The van der Waals surface area contributed by atoms with Crippen LogP contribution in [0.5, 0.6) is 0 Å². The lowest BCUT2D eigenvalue weighted by Gasteiger charge is -2.30. The van der Waals surface area contributed by atoms with Crippen LogP contribution in [0, 0.1) is 27.7 Å². The Balaban J connectivity index is 1.52. The lowest BCUT2D eigenvalue weighted by molar-refractivity contribution is 0.868. The first-order valence-electron chi connectivity index (χ1n) is 19.4. The fourth-order valence-corrected chi connectivity index (χ4v) is 7.77. The van der Waals surface area contributed by atoms with Gasteiger partial charge < -0.3 is 9.80 Å². The minimum absolute atomic E-state index is 0.394. The monoisotopic (exact) mass is 702 g/mol. The zero-order valence-corrected chi connectivity index (χ0v) is 32.9. The van der Waals surface area contributed by atoms with Crippen LogP contribution in [0.25, 0.3) is 32.3 Å². The fraction of sp³-hybridized carbons (Fsp3) is 0.192. The molecule has 0 aliphatic heterocycles. The second kappa shape index (κ2) is 14.2. The summed E-state index contributed by atoms with van der Waals surface area (Å²) in [6, 6.07) is 55.1. The lowest BCUT2D eigenvalue weighted by atomic mass is 9.89. The fourth-order valence-electron chi connectivity index (χ4n) is 7.77. The van der Waals surface area contributed by atoms with E-state index in [1.807, 2.05) is 0 Å². The molecule has 0 amide bonds. The Labute approximate surface area is 321 Å². The van der Waals surface area contributed by atoms with Crippen LogP contribution in [0.2, 0.25) is 0 Å². The molecular weight excluding hydrogens is 653 g/mol. The lowest BCUT2D eigenvalue weighted by Crippen LogP contribution is -2.12. The van der Waals surface area contributed by atoms with Gasteiger partial charge in [-0.3, -0.25) is 0 Å². The van der Waals surface area contributed by atoms with Crippen LogP contribution >= 0.6 is 0 Å². The summed E-state index contributed by atoms with van der Waals surface area (Å²) < 4.78 is 0. The van der Waals surface area contributed by atoms with Gasteiger partial charge in [0.2, 0.25) is 0 Å². The van der Waals surface area contributed by atoms with E-state index in [1.54, 1.807) is 0 Å². The van der Waals surface area contributed by atoms with Gasteiger partial charge in [-0.05, 0) is 145 Å². The first kappa shape index (κ1) is 35.2. The highest BCUT2D eigenvalue weighted by Gasteiger charge is 2.23. The molecule has 0 heterocycles. The highest BCUT2D eigenvalue weighted by atomic mass is 15.1. The van der Waals surface area contributed by atoms with Crippen molar-refractivity contribution in [2.45, 2.75) is 67.2 Å². The van der Waals surface area contributed by atoms with Crippen LogP contribution in [-0.2, 0) is 0 Å². The molecule has 0 radical (unpaired) electrons. The van der Waals surface area contributed by atoms with Crippen molar-refractivity contribution in [3.63, 3.8) is 0 Å². The largest absolute Gasteiger partial charge is 0.310 e. The molecule has 0 aliphatic carbocycles. The van der Waals surface area contributed by atoms with Gasteiger partial charge in [-0.25, -0.2) is 0 Å². The molecule has 0 saturated carbocycles. The van der Waals surface area contributed by atoms with Crippen LogP contribution in [0.3, 0.4) is 0 Å². The molecule has 0 atom stereocenters. The Morgan fingerprint density at radius 2 is 0.574 bits per heavy atom. The van der Waals surface area contributed by atoms with Gasteiger partial charge in [-0.2, -0.15) is 0 Å². The van der Waals surface area contributed by atoms with Gasteiger partial charge in [0.15, 0.2) is 0 Å². The van der Waals surface area contributed by atoms with Crippen molar-refractivity contribution >= 4 is 66.4 Å². The summed E-state index contributed by atoms with van der Waals surface area (Å²) in [5.74, 6) is 0.788. The maximum atomic E-state index is 2.46. The third kappa shape index (κ3) is 6.51. The van der Waals surface area contributed by atoms with Crippen molar-refractivity contribution in [1.82, 2.24) is 0 Å². The molecule has 0 bridgehead atoms. The SMILES string of the molecule is Cc1ccc(N(c2ccc(C)cc2)c2cc3c4ccc(C(C)C)cc4c(N(c4ccc(C)cc4)c4ccc(C)cc4)cc3c3ccc(C(C)C)cc23)cc1. The second-order valence-electron chi connectivity index (χ2n) is 15.8. The molecule has 2 heteroatoms. The summed E-state index contributed by atoms with van der Waals surface area (Å²) >= 11 is 0. The van der Waals surface area contributed by atoms with Crippen LogP contribution in [0.1, 0.15) is 72.9 Å². The van der Waals surface area contributed by atoms with Crippen molar-refractivity contribution in [2.24, 2.45) is 0 Å². The molecule has 8 aromatic rings. The molecule has 0 spiro atoms. The third-order valence-electron chi connectivity index (χ3n) is 11.1. The molecule has 0 fully saturated rings. The first-order valence-corrected chi connectivity index (χ1v) is 19.4. The maximum Gasteiger partial charge on any atom is 0.0546 e. The average molecular weight is 703 g/mol. The van der Waals surface area contributed by atoms with Gasteiger partial charge in [0.1, 0.15) is 0 Å². The Kier molecular flexibility index (Phi) is 9.24. The van der Waals surface area contributed by atoms with Gasteiger partial charge in [0.25, 0.3) is 0 Å². The zero-order valence-electron chi connectivity index (χ0n) is 32.9. The summed E-state index contributed by atoms with van der Waals surface area (Å²) in [6.07, 6.45) is 0. The summed E-state index contributed by atoms with van der Waals surface area (Å²) in [6.45, 7) is 17.8. The van der Waals surface area contributed by atoms with Crippen LogP contribution in [-0.4, -0.2) is 0 Å². The van der Waals surface area contributed by atoms with E-state index >= 15 is 0 Å². The van der Waals surface area contributed by atoms with Crippen LogP contribution in [0.4, 0.5) is 34.1 Å². The zero-order chi connectivity index (χ0) is 37.7. The Morgan fingerprint density at radius 1 is 0.296 bits per heavy atom. The quantitative estimate of drug-likeness (QED) is 0.145. The maximum absolute atomic E-state index is 2.46. The van der Waals surface area contributed by atoms with Crippen molar-refractivity contribution in [3.8, 4) is 0 Å². The Morgan fingerprint density at radius 3 is 0.833 bits per heavy atom. The molecule has 268 valence electrons. The van der Waals surface area contributed by atoms with Crippen molar-refractivity contribution in [3.05, 3.63) is 179 Å². The minimum Gasteiger partial charge on any atom is -0.310 e. The van der Waals surface area contributed by atoms with Crippen molar-refractivity contribution in [2.75, 3.05) is 9.80 Å². The first-order chi connectivity index (χ1) is 26.0. The molecule has 0 aromatic heterocycles. The number of benzene rings is 8. The van der Waals surface area contributed by atoms with E-state index in [0.29, 0.717) is 11.8 Å². The highest BCUT2D eigenvalue weighted by molar-refractivity contribution is 6.24. The molecular formula is C52H50N2. The van der Waals surface area contributed by atoms with Crippen LogP contribution in [0.15, 0.2) is 146 Å². The number of fused-ring (bicyclic) bond motifs is 5.